The number of aliphatic carboxylic acids is 2. The molecule has 7 amide bonds. The first-order valence-electron chi connectivity index (χ1n) is 24.8. The number of nitrogens with zero attached hydrogens (tertiary/aromatic N) is 2. The van der Waals surface area contributed by atoms with E-state index in [-0.39, 0.29) is 49.5 Å². The first-order valence-corrected chi connectivity index (χ1v) is 24.8. The number of ether oxygens (including phenoxy) is 1. The van der Waals surface area contributed by atoms with Gasteiger partial charge in [0, 0.05) is 39.5 Å². The SMILES string of the molecule is COC(Cc1ccccc1)C(C)C=C(C)C=CC1NC(=O)C(CCCN=C(N)N)NC(=O)C(C)C(C(=O)O)NC(=O)C(Cc2ccc(O)cc2)NC(=O)C(C)NC(=O)C(CO)N(C)C(=O)CCC(C(=O)O)NC(=O)C1C. The second-order valence-electron chi connectivity index (χ2n) is 18.8. The molecule has 1 aliphatic rings. The normalized spacial score (nSPS) is 25.3. The number of nitrogens with one attached hydrogen (secondary N) is 6. The highest BCUT2D eigenvalue weighted by atomic mass is 16.5. The van der Waals surface area contributed by atoms with E-state index in [4.69, 9.17) is 16.2 Å². The van der Waals surface area contributed by atoms with E-state index in [1.54, 1.807) is 20.1 Å². The monoisotopic (exact) mass is 1060 g/mol. The average molecular weight is 1060 g/mol. The van der Waals surface area contributed by atoms with Crippen LogP contribution in [0.4, 0.5) is 0 Å². The molecule has 24 nitrogen and oxygen atoms in total. The number of carbonyl (C=O) groups excluding carboxylic acids is 7. The zero-order chi connectivity index (χ0) is 56.8. The van der Waals surface area contributed by atoms with E-state index in [0.29, 0.717) is 17.6 Å². The van der Waals surface area contributed by atoms with E-state index in [1.807, 2.05) is 43.3 Å². The molecule has 1 heterocycles. The highest BCUT2D eigenvalue weighted by Crippen LogP contribution is 2.19. The Morgan fingerprint density at radius 2 is 1.41 bits per heavy atom. The van der Waals surface area contributed by atoms with Crippen molar-refractivity contribution in [2.24, 2.45) is 34.2 Å². The summed E-state index contributed by atoms with van der Waals surface area (Å²) >= 11 is 0. The number of carboxylic acid groups (broad SMARTS) is 2. The second kappa shape index (κ2) is 30.5. The van der Waals surface area contributed by atoms with Crippen LogP contribution in [0.2, 0.25) is 0 Å². The van der Waals surface area contributed by atoms with Crippen molar-refractivity contribution in [3.8, 4) is 5.75 Å². The number of guanidine groups is 1. The summed E-state index contributed by atoms with van der Waals surface area (Å²) in [4.78, 5) is 127. The van der Waals surface area contributed by atoms with Crippen LogP contribution in [0.5, 0.6) is 5.75 Å². The number of amides is 7. The molecule has 11 unspecified atom stereocenters. The van der Waals surface area contributed by atoms with Gasteiger partial charge in [0.1, 0.15) is 42.0 Å². The molecule has 1 aliphatic heterocycles. The van der Waals surface area contributed by atoms with Crippen molar-refractivity contribution < 1.29 is 68.3 Å². The fraction of sp³-hybridized carbons (Fsp3) is 0.500. The number of aliphatic hydroxyl groups is 1. The standard InChI is InChI=1S/C52H74N10O14/c1-28(24-29(2)41(76-7)26-33-12-9-8-10-13-33)15-20-36-30(3)44(66)59-38(50(72)73)21-22-42(65)62(6)40(27-63)49(71)56-32(5)46(68)60-39(25-34-16-18-35(64)19-17-34)48(70)61-43(51(74)75)31(4)45(67)58-37(47(69)57-36)14-11-23-55-52(53)54/h8-10,12-13,15-20,24,29-32,36-41,43,63-64H,11,14,21-23,25-27H2,1-7H3,(H,56,71)(H,57,69)(H,58,67)(H,59,66)(H,60,68)(H,61,70)(H,72,73)(H,74,75)(H4,53,54,55). The van der Waals surface area contributed by atoms with Gasteiger partial charge in [-0.05, 0) is 62.8 Å². The van der Waals surface area contributed by atoms with Gasteiger partial charge < -0.3 is 73.4 Å². The van der Waals surface area contributed by atoms with Crippen molar-refractivity contribution in [2.75, 3.05) is 27.3 Å². The van der Waals surface area contributed by atoms with E-state index in [2.05, 4.69) is 36.9 Å². The lowest BCUT2D eigenvalue weighted by Gasteiger charge is -2.28. The second-order valence-corrected chi connectivity index (χ2v) is 18.8. The van der Waals surface area contributed by atoms with Gasteiger partial charge in [0.25, 0.3) is 0 Å². The maximum Gasteiger partial charge on any atom is 0.327 e. The summed E-state index contributed by atoms with van der Waals surface area (Å²) in [6, 6.07) is 4.24. The third-order valence-electron chi connectivity index (χ3n) is 12.9. The lowest BCUT2D eigenvalue weighted by atomic mass is 9.94. The molecule has 1 saturated heterocycles. The molecule has 2 aromatic rings. The number of carbonyl (C=O) groups is 9. The predicted octanol–water partition coefficient (Wildman–Crippen LogP) is -0.632. The van der Waals surface area contributed by atoms with Gasteiger partial charge >= 0.3 is 11.9 Å². The number of likely N-dealkylation sites (N-methyl/N-ethyl adjacent to an activating group) is 1. The molecule has 0 aliphatic carbocycles. The first-order chi connectivity index (χ1) is 35.9. The Bertz CT molecular complexity index is 2430. The van der Waals surface area contributed by atoms with Crippen molar-refractivity contribution >= 4 is 59.2 Å². The number of aliphatic hydroxyl groups excluding tert-OH is 1. The Morgan fingerprint density at radius 1 is 0.789 bits per heavy atom. The molecule has 1 fully saturated rings. The van der Waals surface area contributed by atoms with Crippen LogP contribution in [0.3, 0.4) is 0 Å². The molecule has 0 spiro atoms. The van der Waals surface area contributed by atoms with Gasteiger partial charge in [0.05, 0.1) is 30.6 Å². The minimum absolute atomic E-state index is 0.00559. The highest BCUT2D eigenvalue weighted by Gasteiger charge is 2.38. The van der Waals surface area contributed by atoms with Crippen LogP contribution in [0.25, 0.3) is 0 Å². The molecule has 0 bridgehead atoms. The number of allylic oxidation sites excluding steroid dienone is 2. The van der Waals surface area contributed by atoms with Crippen LogP contribution >= 0.6 is 0 Å². The van der Waals surface area contributed by atoms with Gasteiger partial charge in [0.2, 0.25) is 41.4 Å². The molecule has 24 heteroatoms. The maximum atomic E-state index is 14.5. The van der Waals surface area contributed by atoms with Gasteiger partial charge in [-0.2, -0.15) is 0 Å². The van der Waals surface area contributed by atoms with Crippen LogP contribution in [-0.2, 0) is 60.7 Å². The van der Waals surface area contributed by atoms with E-state index in [1.165, 1.54) is 51.1 Å². The first kappa shape index (κ1) is 62.4. The highest BCUT2D eigenvalue weighted by molar-refractivity contribution is 5.97. The summed E-state index contributed by atoms with van der Waals surface area (Å²) in [5.41, 5.74) is 13.2. The number of aliphatic imine (C=N–C) groups is 1. The summed E-state index contributed by atoms with van der Waals surface area (Å²) in [5, 5.41) is 55.6. The molecule has 3 rings (SSSR count). The van der Waals surface area contributed by atoms with Gasteiger partial charge in [-0.3, -0.25) is 38.6 Å². The number of rotatable bonds is 16. The lowest BCUT2D eigenvalue weighted by Crippen LogP contribution is -2.60. The van der Waals surface area contributed by atoms with Crippen molar-refractivity contribution in [3.63, 3.8) is 0 Å². The molecule has 14 N–H and O–H groups in total. The Kier molecular flexibility index (Phi) is 25.1. The zero-order valence-electron chi connectivity index (χ0n) is 43.9. The van der Waals surface area contributed by atoms with Crippen LogP contribution in [0.15, 0.2) is 83.4 Å². The molecule has 0 aromatic heterocycles. The summed E-state index contributed by atoms with van der Waals surface area (Å²) in [5.74, 6) is -13.2. The van der Waals surface area contributed by atoms with Crippen LogP contribution < -0.4 is 43.4 Å². The summed E-state index contributed by atoms with van der Waals surface area (Å²) in [6.45, 7) is 6.61. The average Bonchev–Trinajstić information content (AvgIpc) is 3.37. The fourth-order valence-corrected chi connectivity index (χ4v) is 8.12. The molecular weight excluding hydrogens is 989 g/mol. The van der Waals surface area contributed by atoms with E-state index < -0.39 is 127 Å². The fourth-order valence-electron chi connectivity index (χ4n) is 8.12. The maximum absolute atomic E-state index is 14.5. The number of hydrogen-bond donors (Lipinski definition) is 12. The van der Waals surface area contributed by atoms with Gasteiger partial charge in [-0.1, -0.05) is 87.0 Å². The van der Waals surface area contributed by atoms with Crippen molar-refractivity contribution in [1.82, 2.24) is 36.8 Å². The van der Waals surface area contributed by atoms with Crippen LogP contribution in [-0.4, -0.2) is 160 Å². The Balaban J connectivity index is 2.16. The van der Waals surface area contributed by atoms with Gasteiger partial charge in [0.15, 0.2) is 5.96 Å². The number of phenolic OH excluding ortho intramolecular Hbond substituents is 1. The minimum atomic E-state index is -1.98. The van der Waals surface area contributed by atoms with Crippen molar-refractivity contribution in [1.29, 1.82) is 0 Å². The number of nitrogens with two attached hydrogens (primary N) is 2. The molecule has 11 atom stereocenters. The van der Waals surface area contributed by atoms with Crippen molar-refractivity contribution in [3.05, 3.63) is 89.5 Å². The number of carboxylic acids is 2. The number of hydrogen-bond acceptors (Lipinski definition) is 13. The number of phenols is 1. The Morgan fingerprint density at radius 3 is 2.00 bits per heavy atom. The van der Waals surface area contributed by atoms with Crippen LogP contribution in [0, 0.1) is 17.8 Å². The molecule has 416 valence electrons. The molecule has 0 radical (unpaired) electrons. The van der Waals surface area contributed by atoms with Gasteiger partial charge in [-0.15, -0.1) is 0 Å². The Labute approximate surface area is 441 Å². The smallest absolute Gasteiger partial charge is 0.327 e. The third kappa shape index (κ3) is 19.8. The number of methoxy groups -OCH3 is 1. The topological polar surface area (TPSA) is 384 Å². The largest absolute Gasteiger partial charge is 0.508 e. The summed E-state index contributed by atoms with van der Waals surface area (Å²) in [6.07, 6.45) is 4.04. The Hall–Kier alpha value is -7.86. The van der Waals surface area contributed by atoms with E-state index in [9.17, 15) is 63.6 Å². The molecule has 76 heavy (non-hydrogen) atoms. The molecular formula is C52H74N10O14. The number of aromatic hydroxyl groups is 1. The quantitative estimate of drug-likeness (QED) is 0.0431. The van der Waals surface area contributed by atoms with E-state index >= 15 is 0 Å². The van der Waals surface area contributed by atoms with E-state index in [0.717, 1.165) is 17.5 Å². The third-order valence-corrected chi connectivity index (χ3v) is 12.9. The predicted molar refractivity (Wildman–Crippen MR) is 278 cm³/mol. The van der Waals surface area contributed by atoms with Crippen molar-refractivity contribution in [2.45, 2.75) is 122 Å². The lowest BCUT2D eigenvalue weighted by molar-refractivity contribution is -0.146. The zero-order valence-corrected chi connectivity index (χ0v) is 43.9. The molecule has 0 saturated carbocycles. The van der Waals surface area contributed by atoms with Crippen LogP contribution in [0.1, 0.15) is 71.4 Å². The number of benzene rings is 2. The minimum Gasteiger partial charge on any atom is -0.508 e. The molecule has 2 aromatic carbocycles. The summed E-state index contributed by atoms with van der Waals surface area (Å²) in [7, 11) is 2.76. The van der Waals surface area contributed by atoms with Gasteiger partial charge in [-0.25, -0.2) is 9.59 Å². The summed E-state index contributed by atoms with van der Waals surface area (Å²) < 4.78 is 5.82.